The summed E-state index contributed by atoms with van der Waals surface area (Å²) >= 11 is 0. The lowest BCUT2D eigenvalue weighted by atomic mass is 9.95. The van der Waals surface area contributed by atoms with E-state index >= 15 is 0 Å². The first-order chi connectivity index (χ1) is 14.5. The molecular weight excluding hydrogens is 386 g/mol. The van der Waals surface area contributed by atoms with Gasteiger partial charge in [0.05, 0.1) is 25.8 Å². The van der Waals surface area contributed by atoms with E-state index in [4.69, 9.17) is 14.2 Å². The van der Waals surface area contributed by atoms with Gasteiger partial charge in [0.2, 0.25) is 0 Å². The summed E-state index contributed by atoms with van der Waals surface area (Å²) in [5.74, 6) is -0.280. The second-order valence-corrected chi connectivity index (χ2v) is 6.84. The Hall–Kier alpha value is -3.32. The maximum absolute atomic E-state index is 12.9. The van der Waals surface area contributed by atoms with Crippen molar-refractivity contribution in [3.8, 4) is 11.5 Å². The molecule has 1 amide bonds. The quantitative estimate of drug-likeness (QED) is 0.311. The van der Waals surface area contributed by atoms with Crippen molar-refractivity contribution in [2.45, 2.75) is 12.5 Å². The number of ketones is 1. The fourth-order valence-electron chi connectivity index (χ4n) is 3.53. The molecule has 2 aromatic carbocycles. The number of benzene rings is 2. The summed E-state index contributed by atoms with van der Waals surface area (Å²) in [6.45, 7) is 0.783. The van der Waals surface area contributed by atoms with Crippen molar-refractivity contribution in [1.29, 1.82) is 0 Å². The first-order valence-corrected chi connectivity index (χ1v) is 9.57. The van der Waals surface area contributed by atoms with Gasteiger partial charge in [-0.3, -0.25) is 9.59 Å². The summed E-state index contributed by atoms with van der Waals surface area (Å²) < 4.78 is 15.4. The molecule has 0 aliphatic carbocycles. The number of aliphatic hydroxyl groups excluding tert-OH is 1. The van der Waals surface area contributed by atoms with E-state index < -0.39 is 17.7 Å². The van der Waals surface area contributed by atoms with E-state index in [-0.39, 0.29) is 11.3 Å². The van der Waals surface area contributed by atoms with Gasteiger partial charge in [-0.25, -0.2) is 0 Å². The van der Waals surface area contributed by atoms with Gasteiger partial charge in [0.25, 0.3) is 11.7 Å². The highest BCUT2D eigenvalue weighted by Gasteiger charge is 2.45. The molecule has 7 nitrogen and oxygen atoms in total. The van der Waals surface area contributed by atoms with Crippen molar-refractivity contribution >= 4 is 17.4 Å². The summed E-state index contributed by atoms with van der Waals surface area (Å²) in [5, 5.41) is 11.0. The summed E-state index contributed by atoms with van der Waals surface area (Å²) in [6, 6.07) is 13.1. The van der Waals surface area contributed by atoms with Gasteiger partial charge < -0.3 is 24.2 Å². The zero-order valence-electron chi connectivity index (χ0n) is 17.3. The molecule has 3 rings (SSSR count). The largest absolute Gasteiger partial charge is 0.507 e. The minimum absolute atomic E-state index is 0.0627. The van der Waals surface area contributed by atoms with Crippen molar-refractivity contribution < 1.29 is 28.9 Å². The lowest BCUT2D eigenvalue weighted by Gasteiger charge is -2.25. The zero-order chi connectivity index (χ0) is 21.7. The first kappa shape index (κ1) is 21.4. The molecule has 0 spiro atoms. The van der Waals surface area contributed by atoms with Crippen LogP contribution in [-0.4, -0.2) is 56.2 Å². The highest BCUT2D eigenvalue weighted by Crippen LogP contribution is 2.40. The van der Waals surface area contributed by atoms with Crippen molar-refractivity contribution in [3.05, 3.63) is 65.2 Å². The summed E-state index contributed by atoms with van der Waals surface area (Å²) in [4.78, 5) is 27.2. The smallest absolute Gasteiger partial charge is 0.295 e. The molecule has 1 N–H and O–H groups in total. The molecule has 1 fully saturated rings. The second-order valence-electron chi connectivity index (χ2n) is 6.84. The Balaban J connectivity index is 2.08. The standard InChI is InChI=1S/C23H25NO6/c1-28-14-4-13-24-20(15-5-9-17(29-2)10-6-15)19(22(26)23(24)27)21(25)16-7-11-18(30-3)12-8-16/h5-12,20,25H,4,13-14H2,1-3H3/b21-19+. The molecule has 0 radical (unpaired) electrons. The molecule has 1 heterocycles. The van der Waals surface area contributed by atoms with Gasteiger partial charge in [-0.1, -0.05) is 12.1 Å². The van der Waals surface area contributed by atoms with E-state index in [9.17, 15) is 14.7 Å². The van der Waals surface area contributed by atoms with Crippen molar-refractivity contribution in [1.82, 2.24) is 4.90 Å². The number of methoxy groups -OCH3 is 3. The van der Waals surface area contributed by atoms with Crippen molar-refractivity contribution in [3.63, 3.8) is 0 Å². The van der Waals surface area contributed by atoms with E-state index in [1.807, 2.05) is 0 Å². The number of hydrogen-bond donors (Lipinski definition) is 1. The van der Waals surface area contributed by atoms with Crippen LogP contribution in [0.4, 0.5) is 0 Å². The Morgan fingerprint density at radius 3 is 2.03 bits per heavy atom. The van der Waals surface area contributed by atoms with Crippen LogP contribution in [0.25, 0.3) is 5.76 Å². The average Bonchev–Trinajstić information content (AvgIpc) is 3.04. The van der Waals surface area contributed by atoms with Gasteiger partial charge in [0, 0.05) is 25.8 Å². The molecule has 1 atom stereocenters. The number of likely N-dealkylation sites (tertiary alicyclic amines) is 1. The van der Waals surface area contributed by atoms with Gasteiger partial charge in [-0.15, -0.1) is 0 Å². The third-order valence-electron chi connectivity index (χ3n) is 5.08. The Morgan fingerprint density at radius 2 is 1.50 bits per heavy atom. The van der Waals surface area contributed by atoms with E-state index in [2.05, 4.69) is 0 Å². The SMILES string of the molecule is COCCCN1C(=O)C(=O)/C(=C(/O)c2ccc(OC)cc2)C1c1ccc(OC)cc1. The number of amides is 1. The van der Waals surface area contributed by atoms with Crippen LogP contribution in [0.5, 0.6) is 11.5 Å². The molecule has 30 heavy (non-hydrogen) atoms. The van der Waals surface area contributed by atoms with Crippen LogP contribution in [0.2, 0.25) is 0 Å². The predicted molar refractivity (Wildman–Crippen MR) is 111 cm³/mol. The molecule has 1 saturated heterocycles. The number of nitrogens with zero attached hydrogens (tertiary/aromatic N) is 1. The second kappa shape index (κ2) is 9.45. The van der Waals surface area contributed by atoms with E-state index in [1.165, 1.54) is 4.90 Å². The average molecular weight is 411 g/mol. The van der Waals surface area contributed by atoms with Crippen molar-refractivity contribution in [2.24, 2.45) is 0 Å². The molecule has 1 unspecified atom stereocenters. The monoisotopic (exact) mass is 411 g/mol. The fourth-order valence-corrected chi connectivity index (χ4v) is 3.53. The third-order valence-corrected chi connectivity index (χ3v) is 5.08. The Labute approximate surface area is 175 Å². The van der Waals surface area contributed by atoms with Crippen LogP contribution in [0.3, 0.4) is 0 Å². The number of ether oxygens (including phenoxy) is 3. The van der Waals surface area contributed by atoms with Crippen LogP contribution >= 0.6 is 0 Å². The summed E-state index contributed by atoms with van der Waals surface area (Å²) in [5.41, 5.74) is 1.21. The van der Waals surface area contributed by atoms with Crippen LogP contribution in [-0.2, 0) is 14.3 Å². The lowest BCUT2D eigenvalue weighted by molar-refractivity contribution is -0.140. The number of carbonyl (C=O) groups excluding carboxylic acids is 2. The number of carbonyl (C=O) groups is 2. The molecule has 2 aromatic rings. The predicted octanol–water partition coefficient (Wildman–Crippen LogP) is 3.16. The van der Waals surface area contributed by atoms with E-state index in [0.29, 0.717) is 42.2 Å². The minimum atomic E-state index is -0.707. The van der Waals surface area contributed by atoms with Gasteiger partial charge in [0.1, 0.15) is 17.3 Å². The highest BCUT2D eigenvalue weighted by atomic mass is 16.5. The number of aliphatic hydroxyl groups is 1. The zero-order valence-corrected chi connectivity index (χ0v) is 17.3. The summed E-state index contributed by atoms with van der Waals surface area (Å²) in [7, 11) is 4.69. The van der Waals surface area contributed by atoms with Crippen LogP contribution in [0, 0.1) is 0 Å². The number of Topliss-reactive ketones (excluding diaryl/α,β-unsaturated/α-hetero) is 1. The van der Waals surface area contributed by atoms with Crippen molar-refractivity contribution in [2.75, 3.05) is 34.5 Å². The van der Waals surface area contributed by atoms with Crippen LogP contribution in [0.15, 0.2) is 54.1 Å². The molecule has 7 heteroatoms. The Bertz CT molecular complexity index is 933. The maximum atomic E-state index is 12.9. The van der Waals surface area contributed by atoms with Crippen LogP contribution < -0.4 is 9.47 Å². The normalized spacial score (nSPS) is 18.0. The summed E-state index contributed by atoms with van der Waals surface area (Å²) in [6.07, 6.45) is 0.568. The van der Waals surface area contributed by atoms with Crippen LogP contribution in [0.1, 0.15) is 23.6 Å². The number of rotatable bonds is 8. The number of hydrogen-bond acceptors (Lipinski definition) is 6. The van der Waals surface area contributed by atoms with E-state index in [0.717, 1.165) is 0 Å². The minimum Gasteiger partial charge on any atom is -0.507 e. The van der Waals surface area contributed by atoms with E-state index in [1.54, 1.807) is 69.9 Å². The van der Waals surface area contributed by atoms with Gasteiger partial charge in [-0.05, 0) is 48.4 Å². The molecule has 1 aliphatic heterocycles. The maximum Gasteiger partial charge on any atom is 0.295 e. The molecular formula is C23H25NO6. The molecule has 0 saturated carbocycles. The highest BCUT2D eigenvalue weighted by molar-refractivity contribution is 6.46. The molecule has 0 bridgehead atoms. The lowest BCUT2D eigenvalue weighted by Crippen LogP contribution is -2.31. The Kier molecular flexibility index (Phi) is 6.74. The van der Waals surface area contributed by atoms with Gasteiger partial charge in [-0.2, -0.15) is 0 Å². The third kappa shape index (κ3) is 4.16. The fraction of sp³-hybridized carbons (Fsp3) is 0.304. The topological polar surface area (TPSA) is 85.3 Å². The molecule has 1 aliphatic rings. The molecule has 158 valence electrons. The van der Waals surface area contributed by atoms with Gasteiger partial charge in [0.15, 0.2) is 0 Å². The molecule has 0 aromatic heterocycles. The van der Waals surface area contributed by atoms with Gasteiger partial charge >= 0.3 is 0 Å². The first-order valence-electron chi connectivity index (χ1n) is 9.57. The Morgan fingerprint density at radius 1 is 0.933 bits per heavy atom.